The third-order valence-electron chi connectivity index (χ3n) is 23.3. The van der Waals surface area contributed by atoms with Crippen LogP contribution in [-0.4, -0.2) is 9.13 Å². The monoisotopic (exact) mass is 1550 g/mol. The minimum absolute atomic E-state index is 0.467. The first-order valence-corrected chi connectivity index (χ1v) is 41.2. The highest BCUT2D eigenvalue weighted by atomic mass is 15.1. The van der Waals surface area contributed by atoms with Gasteiger partial charge in [-0.3, -0.25) is 0 Å². The summed E-state index contributed by atoms with van der Waals surface area (Å²) in [4.78, 5) is 9.03. The van der Waals surface area contributed by atoms with E-state index in [1.54, 1.807) is 0 Å². The number of nitrogens with zero attached hydrogens (tertiary/aromatic N) is 6. The summed E-state index contributed by atoms with van der Waals surface area (Å²) in [5, 5.41) is 16.9. The third-order valence-corrected chi connectivity index (χ3v) is 23.3. The Morgan fingerprint density at radius 2 is 0.410 bits per heavy atom. The molecule has 0 aliphatic carbocycles. The Balaban J connectivity index is 0.000000206. The number of anilines is 6. The van der Waals surface area contributed by atoms with Crippen molar-refractivity contribution in [3.63, 3.8) is 0 Å². The van der Waals surface area contributed by atoms with Crippen molar-refractivity contribution in [3.05, 3.63) is 490 Å². The van der Waals surface area contributed by atoms with E-state index < -0.39 is 0 Å². The highest BCUT2D eigenvalue weighted by Crippen LogP contribution is 2.54. The molecule has 0 amide bonds. The van der Waals surface area contributed by atoms with Gasteiger partial charge in [0.15, 0.2) is 0 Å². The molecule has 2 heterocycles. The summed E-state index contributed by atoms with van der Waals surface area (Å²) in [5.74, 6) is 0. The largest absolute Gasteiger partial charge is 0.311 e. The lowest BCUT2D eigenvalue weighted by atomic mass is 9.80. The fourth-order valence-corrected chi connectivity index (χ4v) is 17.5. The van der Waals surface area contributed by atoms with Crippen LogP contribution in [0.25, 0.3) is 160 Å². The van der Waals surface area contributed by atoms with Crippen LogP contribution >= 0.6 is 0 Å². The average molecular weight is 1560 g/mol. The molecule has 0 atom stereocenters. The summed E-state index contributed by atoms with van der Waals surface area (Å²) in [7, 11) is 0. The minimum Gasteiger partial charge on any atom is -0.311 e. The zero-order valence-corrected chi connectivity index (χ0v) is 66.7. The van der Waals surface area contributed by atoms with Crippen LogP contribution in [0.5, 0.6) is 0 Å². The van der Waals surface area contributed by atoms with Crippen LogP contribution in [0.3, 0.4) is 0 Å². The lowest BCUT2D eigenvalue weighted by molar-refractivity contribution is 1.17. The first-order chi connectivity index (χ1) is 60.5. The van der Waals surface area contributed by atoms with E-state index >= 15 is 0 Å². The fraction of sp³-hybridized carbons (Fsp3) is 0. The second-order valence-corrected chi connectivity index (χ2v) is 30.4. The molecule has 21 aromatic rings. The molecule has 0 spiro atoms. The van der Waals surface area contributed by atoms with Crippen LogP contribution in [-0.2, 0) is 0 Å². The molecule has 0 aliphatic heterocycles. The van der Waals surface area contributed by atoms with Gasteiger partial charge >= 0.3 is 0 Å². The number of nitriles is 1. The molecule has 21 rings (SSSR count). The van der Waals surface area contributed by atoms with Crippen LogP contribution in [0, 0.1) is 17.9 Å². The maximum absolute atomic E-state index is 11.8. The summed E-state index contributed by atoms with van der Waals surface area (Å²) >= 11 is 0. The van der Waals surface area contributed by atoms with E-state index in [9.17, 15) is 11.8 Å². The molecule has 0 unspecified atom stereocenters. The van der Waals surface area contributed by atoms with Gasteiger partial charge in [-0.1, -0.05) is 352 Å². The number of aromatic nitrogens is 2. The minimum atomic E-state index is 0.467. The predicted molar refractivity (Wildman–Crippen MR) is 511 cm³/mol. The van der Waals surface area contributed by atoms with Gasteiger partial charge in [0.2, 0.25) is 5.69 Å². The van der Waals surface area contributed by atoms with Gasteiger partial charge in [-0.2, -0.15) is 5.26 Å². The summed E-state index contributed by atoms with van der Waals surface area (Å²) in [6, 6.07) is 169. The van der Waals surface area contributed by atoms with Crippen molar-refractivity contribution in [1.29, 1.82) is 5.26 Å². The lowest BCUT2D eigenvalue weighted by Crippen LogP contribution is -2.10. The third kappa shape index (κ3) is 14.3. The normalized spacial score (nSPS) is 11.1. The molecular formula is C116H78N6. The van der Waals surface area contributed by atoms with Gasteiger partial charge in [0.05, 0.1) is 34.2 Å². The molecule has 0 aliphatic rings. The van der Waals surface area contributed by atoms with E-state index in [1.807, 2.05) is 84.9 Å². The standard InChI is InChI=1S/C80H54N4.C36H24N2/c1-82-80-78(66-30-18-7-19-31-66)77(67-40-52-73(53-41-67)83(69-44-32-61(33-45-69)57-20-8-2-9-21-57)70-46-34-62(35-47-70)58-22-10-3-11-23-58)75(56-81)76(65-28-16-6-17-29-65)79(80)68-42-54-74(55-43-68)84(71-48-36-63(37-49-71)59-24-12-4-13-25-59)72-50-38-64(39-51-72)60-26-14-5-15-27-60;1-5-19-33-29(15-1)30-16-2-6-20-34(30)37(33)27-13-9-11-25(23-27)26-12-10-14-28(24-26)38-35-21-7-3-17-31(35)32-18-4-8-22-36(32)38/h2-55H;1-24H. The van der Waals surface area contributed by atoms with Crippen molar-refractivity contribution in [1.82, 2.24) is 9.13 Å². The molecule has 0 fully saturated rings. The van der Waals surface area contributed by atoms with Crippen LogP contribution in [0.15, 0.2) is 473 Å². The highest BCUT2D eigenvalue weighted by Gasteiger charge is 2.29. The topological polar surface area (TPSA) is 44.5 Å². The van der Waals surface area contributed by atoms with E-state index in [4.69, 9.17) is 0 Å². The highest BCUT2D eigenvalue weighted by molar-refractivity contribution is 6.12. The smallest absolute Gasteiger partial charge is 0.203 e. The molecule has 19 aromatic carbocycles. The van der Waals surface area contributed by atoms with Crippen molar-refractivity contribution in [2.75, 3.05) is 9.80 Å². The Kier molecular flexibility index (Phi) is 20.2. The molecule has 0 saturated carbocycles. The predicted octanol–water partition coefficient (Wildman–Crippen LogP) is 31.9. The SMILES string of the molecule is [C-]#[N+]c1c(-c2ccccc2)c(-c2ccc(N(c3ccc(-c4ccccc4)cc3)c3ccc(-c4ccccc4)cc3)cc2)c(C#N)c(-c2ccccc2)c1-c1ccc(N(c2ccc(-c3ccccc3)cc2)c2ccc(-c3ccccc3)cc2)cc1.c1cc(-c2cccc(-n3c4ccccc4c4ccccc43)c2)cc(-n2c3ccccc3c3ccccc32)c1. The number of benzene rings is 19. The number of fused-ring (bicyclic) bond motifs is 6. The van der Waals surface area contributed by atoms with Crippen LogP contribution < -0.4 is 9.80 Å². The van der Waals surface area contributed by atoms with Gasteiger partial charge in [0.25, 0.3) is 0 Å². The number of hydrogen-bond acceptors (Lipinski definition) is 3. The van der Waals surface area contributed by atoms with Gasteiger partial charge < -0.3 is 18.9 Å². The van der Waals surface area contributed by atoms with Gasteiger partial charge in [-0.15, -0.1) is 0 Å². The van der Waals surface area contributed by atoms with E-state index in [2.05, 4.69) is 418 Å². The Labute approximate surface area is 710 Å². The van der Waals surface area contributed by atoms with Crippen molar-refractivity contribution in [3.8, 4) is 118 Å². The molecule has 0 bridgehead atoms. The summed E-state index contributed by atoms with van der Waals surface area (Å²) in [5.41, 5.74) is 31.8. The molecule has 0 radical (unpaired) electrons. The summed E-state index contributed by atoms with van der Waals surface area (Å²) in [6.07, 6.45) is 0. The Morgan fingerprint density at radius 1 is 0.205 bits per heavy atom. The lowest BCUT2D eigenvalue weighted by Gasteiger charge is -2.27. The van der Waals surface area contributed by atoms with E-state index in [0.29, 0.717) is 33.5 Å². The Morgan fingerprint density at radius 3 is 0.672 bits per heavy atom. The van der Waals surface area contributed by atoms with Gasteiger partial charge in [0.1, 0.15) is 6.07 Å². The van der Waals surface area contributed by atoms with Crippen LogP contribution in [0.4, 0.5) is 39.8 Å². The van der Waals surface area contributed by atoms with Crippen molar-refractivity contribution < 1.29 is 0 Å². The van der Waals surface area contributed by atoms with Gasteiger partial charge in [-0.25, -0.2) is 4.85 Å². The fourth-order valence-electron chi connectivity index (χ4n) is 17.5. The van der Waals surface area contributed by atoms with E-state index in [0.717, 1.165) is 101 Å². The molecule has 6 nitrogen and oxygen atoms in total. The second kappa shape index (κ2) is 33.2. The molecule has 6 heteroatoms. The zero-order chi connectivity index (χ0) is 81.7. The zero-order valence-electron chi connectivity index (χ0n) is 66.7. The molecule has 572 valence electrons. The second-order valence-electron chi connectivity index (χ2n) is 30.4. The molecule has 122 heavy (non-hydrogen) atoms. The number of rotatable bonds is 17. The van der Waals surface area contributed by atoms with E-state index in [-0.39, 0.29) is 0 Å². The molecule has 2 aromatic heterocycles. The molecule has 0 saturated heterocycles. The average Bonchev–Trinajstić information content (AvgIpc) is 0.864. The maximum Gasteiger partial charge on any atom is 0.203 e. The van der Waals surface area contributed by atoms with Gasteiger partial charge in [0, 0.05) is 67.0 Å². The molecule has 0 N–H and O–H groups in total. The van der Waals surface area contributed by atoms with Gasteiger partial charge in [-0.05, 0) is 221 Å². The maximum atomic E-state index is 11.8. The first-order valence-electron chi connectivity index (χ1n) is 41.2. The van der Waals surface area contributed by atoms with Crippen molar-refractivity contribution >= 4 is 83.4 Å². The number of para-hydroxylation sites is 4. The Bertz CT molecular complexity index is 6700. The van der Waals surface area contributed by atoms with Crippen LogP contribution in [0.2, 0.25) is 0 Å². The summed E-state index contributed by atoms with van der Waals surface area (Å²) < 4.78 is 4.76. The first kappa shape index (κ1) is 74.2. The van der Waals surface area contributed by atoms with Crippen LogP contribution in [0.1, 0.15) is 5.56 Å². The number of hydrogen-bond donors (Lipinski definition) is 0. The molecular weight excluding hydrogens is 1480 g/mol. The quantitative estimate of drug-likeness (QED) is 0.0854. The summed E-state index contributed by atoms with van der Waals surface area (Å²) in [6.45, 7) is 9.21. The van der Waals surface area contributed by atoms with Crippen molar-refractivity contribution in [2.45, 2.75) is 0 Å². The Hall–Kier alpha value is -16.6. The van der Waals surface area contributed by atoms with Crippen molar-refractivity contribution in [2.24, 2.45) is 0 Å². The van der Waals surface area contributed by atoms with E-state index in [1.165, 1.54) is 66.1 Å².